The molecule has 0 spiro atoms. The van der Waals surface area contributed by atoms with Crippen LogP contribution in [0.2, 0.25) is 0 Å². The van der Waals surface area contributed by atoms with Gasteiger partial charge in [-0.1, -0.05) is 19.1 Å². The summed E-state index contributed by atoms with van der Waals surface area (Å²) in [5, 5.41) is 0. The smallest absolute Gasteiger partial charge is 0.354 e. The summed E-state index contributed by atoms with van der Waals surface area (Å²) in [5.41, 5.74) is 13.1. The molecule has 1 aliphatic rings. The third-order valence-electron chi connectivity index (χ3n) is 4.68. The van der Waals surface area contributed by atoms with Crippen LogP contribution in [0.25, 0.3) is 5.69 Å². The van der Waals surface area contributed by atoms with Crippen LogP contribution in [0.3, 0.4) is 0 Å². The number of hydrogen-bond donors (Lipinski definition) is 2. The van der Waals surface area contributed by atoms with Crippen molar-refractivity contribution in [2.24, 2.45) is 11.7 Å². The molecule has 24 heavy (non-hydrogen) atoms. The molecule has 1 fully saturated rings. The molecule has 0 atom stereocenters. The molecule has 4 N–H and O–H groups in total. The Labute approximate surface area is 142 Å². The highest BCUT2D eigenvalue weighted by atomic mass is 16.1. The lowest BCUT2D eigenvalue weighted by molar-refractivity contribution is 0.160. The summed E-state index contributed by atoms with van der Waals surface area (Å²) in [5.74, 6) is 0.973. The number of aromatic nitrogens is 2. The van der Waals surface area contributed by atoms with Crippen molar-refractivity contribution in [2.75, 3.05) is 18.8 Å². The van der Waals surface area contributed by atoms with E-state index in [1.807, 2.05) is 12.1 Å². The maximum absolute atomic E-state index is 11.9. The highest BCUT2D eigenvalue weighted by Gasteiger charge is 2.27. The van der Waals surface area contributed by atoms with Crippen LogP contribution >= 0.6 is 0 Å². The Morgan fingerprint density at radius 2 is 1.96 bits per heavy atom. The van der Waals surface area contributed by atoms with Crippen LogP contribution < -0.4 is 17.2 Å². The van der Waals surface area contributed by atoms with E-state index in [1.165, 1.54) is 10.1 Å². The van der Waals surface area contributed by atoms with Crippen LogP contribution in [0.1, 0.15) is 25.3 Å². The number of anilines is 1. The van der Waals surface area contributed by atoms with Gasteiger partial charge in [0.2, 0.25) is 0 Å². The molecular formula is C18H25N5O. The number of rotatable bonds is 6. The minimum absolute atomic E-state index is 0.238. The van der Waals surface area contributed by atoms with Gasteiger partial charge in [-0.25, -0.2) is 4.79 Å². The molecule has 1 aliphatic carbocycles. The minimum atomic E-state index is -0.362. The van der Waals surface area contributed by atoms with Crippen LogP contribution in [-0.2, 0) is 6.54 Å². The Bertz CT molecular complexity index is 734. The molecule has 0 saturated heterocycles. The molecular weight excluding hydrogens is 302 g/mol. The molecule has 128 valence electrons. The summed E-state index contributed by atoms with van der Waals surface area (Å²) >= 11 is 0. The number of hydrogen-bond acceptors (Lipinski definition) is 5. The van der Waals surface area contributed by atoms with E-state index in [-0.39, 0.29) is 11.5 Å². The van der Waals surface area contributed by atoms with Gasteiger partial charge in [0.15, 0.2) is 0 Å². The van der Waals surface area contributed by atoms with Gasteiger partial charge >= 0.3 is 5.69 Å². The van der Waals surface area contributed by atoms with E-state index in [4.69, 9.17) is 11.5 Å². The maximum atomic E-state index is 11.9. The van der Waals surface area contributed by atoms with Crippen LogP contribution in [-0.4, -0.2) is 33.6 Å². The third-order valence-corrected chi connectivity index (χ3v) is 4.68. The van der Waals surface area contributed by atoms with Gasteiger partial charge in [0.1, 0.15) is 5.82 Å². The zero-order valence-corrected chi connectivity index (χ0v) is 14.1. The van der Waals surface area contributed by atoms with E-state index in [2.05, 4.69) is 28.9 Å². The zero-order valence-electron chi connectivity index (χ0n) is 14.1. The molecule has 0 radical (unpaired) electrons. The Morgan fingerprint density at radius 1 is 1.25 bits per heavy atom. The fraction of sp³-hybridized carbons (Fsp3) is 0.444. The van der Waals surface area contributed by atoms with Gasteiger partial charge in [0, 0.05) is 25.3 Å². The first-order chi connectivity index (χ1) is 11.5. The lowest BCUT2D eigenvalue weighted by atomic mass is 9.80. The summed E-state index contributed by atoms with van der Waals surface area (Å²) in [7, 11) is 0. The van der Waals surface area contributed by atoms with Gasteiger partial charge in [-0.2, -0.15) is 4.98 Å². The topological polar surface area (TPSA) is 90.2 Å². The Hall–Kier alpha value is -2.18. The molecule has 2 aromatic rings. The lowest BCUT2D eigenvalue weighted by Crippen LogP contribution is -2.42. The van der Waals surface area contributed by atoms with Crippen molar-refractivity contribution < 1.29 is 0 Å². The standard InChI is InChI=1S/C18H25N5O/c1-2-22(12-14-9-15(19)10-14)11-13-3-5-16(6-4-13)23-8-7-17(20)21-18(23)24/h3-8,14-15H,2,9-12,19H2,1H3,(H2,20,21,24). The second kappa shape index (κ2) is 7.15. The van der Waals surface area contributed by atoms with Gasteiger partial charge in [0.25, 0.3) is 0 Å². The quantitative estimate of drug-likeness (QED) is 0.836. The largest absolute Gasteiger partial charge is 0.383 e. The van der Waals surface area contributed by atoms with Gasteiger partial charge in [-0.05, 0) is 49.1 Å². The number of nitrogens with two attached hydrogens (primary N) is 2. The predicted molar refractivity (Wildman–Crippen MR) is 95.9 cm³/mol. The van der Waals surface area contributed by atoms with Crippen molar-refractivity contribution in [3.63, 3.8) is 0 Å². The highest BCUT2D eigenvalue weighted by Crippen LogP contribution is 2.26. The van der Waals surface area contributed by atoms with E-state index in [9.17, 15) is 4.79 Å². The SMILES string of the molecule is CCN(Cc1ccc(-n2ccc(N)nc2=O)cc1)CC1CC(N)C1. The van der Waals surface area contributed by atoms with Gasteiger partial charge in [-0.15, -0.1) is 0 Å². The molecule has 1 heterocycles. The van der Waals surface area contributed by atoms with Crippen molar-refractivity contribution in [1.82, 2.24) is 14.5 Å². The number of nitrogens with zero attached hydrogens (tertiary/aromatic N) is 3. The zero-order chi connectivity index (χ0) is 17.1. The molecule has 3 rings (SSSR count). The first-order valence-electron chi connectivity index (χ1n) is 8.47. The van der Waals surface area contributed by atoms with Gasteiger partial charge < -0.3 is 11.5 Å². The van der Waals surface area contributed by atoms with Gasteiger partial charge in [-0.3, -0.25) is 9.47 Å². The second-order valence-electron chi connectivity index (χ2n) is 6.60. The fourth-order valence-electron chi connectivity index (χ4n) is 3.24. The first kappa shape index (κ1) is 16.7. The minimum Gasteiger partial charge on any atom is -0.383 e. The normalized spacial score (nSPS) is 20.1. The van der Waals surface area contributed by atoms with Crippen molar-refractivity contribution in [2.45, 2.75) is 32.4 Å². The Balaban J connectivity index is 1.66. The summed E-state index contributed by atoms with van der Waals surface area (Å²) in [6, 6.07) is 10.0. The lowest BCUT2D eigenvalue weighted by Gasteiger charge is -2.36. The monoisotopic (exact) mass is 327 g/mol. The molecule has 6 heteroatoms. The maximum Gasteiger partial charge on any atom is 0.354 e. The average molecular weight is 327 g/mol. The number of nitrogen functional groups attached to an aromatic ring is 1. The van der Waals surface area contributed by atoms with Crippen molar-refractivity contribution in [1.29, 1.82) is 0 Å². The van der Waals surface area contributed by atoms with Gasteiger partial charge in [0.05, 0.1) is 5.69 Å². The van der Waals surface area contributed by atoms with Crippen LogP contribution in [0.4, 0.5) is 5.82 Å². The molecule has 0 amide bonds. The summed E-state index contributed by atoms with van der Waals surface area (Å²) in [6.07, 6.45) is 3.93. The molecule has 1 saturated carbocycles. The molecule has 1 aromatic carbocycles. The Kier molecular flexibility index (Phi) is 4.97. The summed E-state index contributed by atoms with van der Waals surface area (Å²) < 4.78 is 1.49. The van der Waals surface area contributed by atoms with Crippen molar-refractivity contribution >= 4 is 5.82 Å². The van der Waals surface area contributed by atoms with Crippen LogP contribution in [0.15, 0.2) is 41.3 Å². The van der Waals surface area contributed by atoms with E-state index in [1.54, 1.807) is 12.3 Å². The van der Waals surface area contributed by atoms with E-state index >= 15 is 0 Å². The summed E-state index contributed by atoms with van der Waals surface area (Å²) in [6.45, 7) is 5.23. The predicted octanol–water partition coefficient (Wildman–Crippen LogP) is 1.37. The van der Waals surface area contributed by atoms with Crippen LogP contribution in [0, 0.1) is 5.92 Å². The fourth-order valence-corrected chi connectivity index (χ4v) is 3.24. The molecule has 0 aliphatic heterocycles. The summed E-state index contributed by atoms with van der Waals surface area (Å²) in [4.78, 5) is 18.1. The second-order valence-corrected chi connectivity index (χ2v) is 6.60. The number of benzene rings is 1. The van der Waals surface area contributed by atoms with Crippen molar-refractivity contribution in [3.8, 4) is 5.69 Å². The highest BCUT2D eigenvalue weighted by molar-refractivity contribution is 5.36. The molecule has 0 bridgehead atoms. The first-order valence-corrected chi connectivity index (χ1v) is 8.47. The van der Waals surface area contributed by atoms with E-state index in [0.29, 0.717) is 6.04 Å². The third kappa shape index (κ3) is 3.83. The van der Waals surface area contributed by atoms with E-state index < -0.39 is 0 Å². The van der Waals surface area contributed by atoms with Crippen LogP contribution in [0.5, 0.6) is 0 Å². The molecule has 6 nitrogen and oxygen atoms in total. The Morgan fingerprint density at radius 3 is 2.54 bits per heavy atom. The average Bonchev–Trinajstić information content (AvgIpc) is 2.53. The van der Waals surface area contributed by atoms with E-state index in [0.717, 1.165) is 44.1 Å². The molecule has 0 unspecified atom stereocenters. The van der Waals surface area contributed by atoms with Crippen molar-refractivity contribution in [3.05, 3.63) is 52.6 Å². The molecule has 1 aromatic heterocycles.